The second kappa shape index (κ2) is 15.6. The summed E-state index contributed by atoms with van der Waals surface area (Å²) in [4.78, 5) is 2.52. The van der Waals surface area contributed by atoms with Crippen LogP contribution in [0.25, 0.3) is 54.9 Å². The average Bonchev–Trinajstić information content (AvgIpc) is 3.93. The lowest BCUT2D eigenvalue weighted by Gasteiger charge is -2.40. The van der Waals surface area contributed by atoms with Gasteiger partial charge in [0.1, 0.15) is 11.5 Å². The van der Waals surface area contributed by atoms with Crippen molar-refractivity contribution in [3.8, 4) is 44.9 Å². The van der Waals surface area contributed by atoms with E-state index in [1.807, 2.05) is 0 Å². The molecule has 0 aromatic heterocycles. The smallest absolute Gasteiger partial charge is 0.140 e. The van der Waals surface area contributed by atoms with E-state index >= 15 is 0 Å². The van der Waals surface area contributed by atoms with Crippen LogP contribution < -0.4 is 9.64 Å². The number of anilines is 3. The Morgan fingerprint density at radius 2 is 0.778 bits per heavy atom. The number of rotatable bonds is 6. The third-order valence-corrected chi connectivity index (χ3v) is 16.0. The van der Waals surface area contributed by atoms with E-state index in [9.17, 15) is 0 Å². The van der Waals surface area contributed by atoms with Crippen molar-refractivity contribution in [2.75, 3.05) is 4.90 Å². The van der Waals surface area contributed by atoms with E-state index in [-0.39, 0.29) is 0 Å². The maximum atomic E-state index is 7.34. The Morgan fingerprint density at radius 1 is 0.292 bits per heavy atom. The molecule has 0 bridgehead atoms. The van der Waals surface area contributed by atoms with Crippen LogP contribution in [-0.2, 0) is 10.8 Å². The predicted molar refractivity (Wildman–Crippen MR) is 296 cm³/mol. The zero-order valence-corrected chi connectivity index (χ0v) is 39.3. The molecule has 15 rings (SSSR count). The summed E-state index contributed by atoms with van der Waals surface area (Å²) < 4.78 is 7.34. The van der Waals surface area contributed by atoms with Gasteiger partial charge in [0.15, 0.2) is 0 Å². The third kappa shape index (κ3) is 5.55. The van der Waals surface area contributed by atoms with Gasteiger partial charge < -0.3 is 9.64 Å². The number of ether oxygens (including phenoxy) is 1. The lowest BCUT2D eigenvalue weighted by atomic mass is 9.65. The molecular formula is C70H45NO. The van der Waals surface area contributed by atoms with Crippen molar-refractivity contribution < 1.29 is 4.74 Å². The number of fused-ring (bicyclic) bond motifs is 16. The van der Waals surface area contributed by atoms with Gasteiger partial charge in [0.05, 0.1) is 16.5 Å². The molecule has 2 nitrogen and oxygen atoms in total. The van der Waals surface area contributed by atoms with Gasteiger partial charge in [0.25, 0.3) is 0 Å². The van der Waals surface area contributed by atoms with Crippen LogP contribution in [0.3, 0.4) is 0 Å². The van der Waals surface area contributed by atoms with Gasteiger partial charge >= 0.3 is 0 Å². The molecule has 2 heteroatoms. The predicted octanol–water partition coefficient (Wildman–Crippen LogP) is 18.0. The fourth-order valence-electron chi connectivity index (χ4n) is 13.1. The standard InChI is InChI=1S/C70H45NO/c1-4-19-46(20-5-1)47-35-39-52(40-36-47)71(53-41-42-57-56-29-14-16-31-59(56)69(64(57)45-53,50-23-6-2-7-24-50)51-25-8-3-9-26-51)65-34-18-33-61-66(65)58-30-15-17-32-60(58)70(61)62-43-37-48-21-10-12-27-54(48)67(62)72-68-55-28-13-11-22-49(55)38-44-63(68)70/h1-45H. The monoisotopic (exact) mass is 915 g/mol. The van der Waals surface area contributed by atoms with Gasteiger partial charge in [-0.2, -0.15) is 0 Å². The van der Waals surface area contributed by atoms with Crippen molar-refractivity contribution in [1.29, 1.82) is 0 Å². The molecule has 336 valence electrons. The van der Waals surface area contributed by atoms with Crippen molar-refractivity contribution in [1.82, 2.24) is 0 Å². The Bertz CT molecular complexity index is 4000. The van der Waals surface area contributed by atoms with E-state index < -0.39 is 10.8 Å². The molecule has 0 saturated carbocycles. The Morgan fingerprint density at radius 3 is 1.42 bits per heavy atom. The van der Waals surface area contributed by atoms with Gasteiger partial charge in [-0.25, -0.2) is 0 Å². The number of benzene rings is 12. The molecule has 12 aromatic carbocycles. The van der Waals surface area contributed by atoms with Crippen molar-refractivity contribution in [3.05, 3.63) is 317 Å². The summed E-state index contributed by atoms with van der Waals surface area (Å²) >= 11 is 0. The highest BCUT2D eigenvalue weighted by molar-refractivity contribution is 6.03. The Kier molecular flexibility index (Phi) is 8.82. The van der Waals surface area contributed by atoms with Gasteiger partial charge in [-0.1, -0.05) is 243 Å². The Labute approximate surface area is 419 Å². The van der Waals surface area contributed by atoms with Gasteiger partial charge in [0, 0.05) is 38.8 Å². The van der Waals surface area contributed by atoms with E-state index in [0.717, 1.165) is 61.2 Å². The molecule has 0 fully saturated rings. The summed E-state index contributed by atoms with van der Waals surface area (Å²) in [6.45, 7) is 0. The second-order valence-electron chi connectivity index (χ2n) is 19.4. The summed E-state index contributed by atoms with van der Waals surface area (Å²) in [5.74, 6) is 1.82. The minimum absolute atomic E-state index is 0.566. The Hall–Kier alpha value is -9.24. The van der Waals surface area contributed by atoms with Crippen molar-refractivity contribution >= 4 is 38.6 Å². The highest BCUT2D eigenvalue weighted by atomic mass is 16.5. The van der Waals surface area contributed by atoms with E-state index in [2.05, 4.69) is 278 Å². The van der Waals surface area contributed by atoms with Crippen LogP contribution in [0, 0.1) is 0 Å². The molecule has 3 aliphatic rings. The maximum Gasteiger partial charge on any atom is 0.140 e. The first kappa shape index (κ1) is 40.6. The normalized spacial score (nSPS) is 13.9. The van der Waals surface area contributed by atoms with Crippen molar-refractivity contribution in [3.63, 3.8) is 0 Å². The van der Waals surface area contributed by atoms with E-state index in [4.69, 9.17) is 4.74 Å². The third-order valence-electron chi connectivity index (χ3n) is 16.0. The fraction of sp³-hybridized carbons (Fsp3) is 0.0286. The summed E-state index contributed by atoms with van der Waals surface area (Å²) in [5, 5.41) is 4.52. The summed E-state index contributed by atoms with van der Waals surface area (Å²) in [6, 6.07) is 101. The molecule has 1 aliphatic heterocycles. The first-order valence-corrected chi connectivity index (χ1v) is 25.0. The van der Waals surface area contributed by atoms with Crippen molar-refractivity contribution in [2.24, 2.45) is 0 Å². The maximum absolute atomic E-state index is 7.34. The van der Waals surface area contributed by atoms with Crippen LogP contribution in [0.2, 0.25) is 0 Å². The minimum Gasteiger partial charge on any atom is -0.455 e. The SMILES string of the molecule is c1ccc(-c2ccc(N(c3ccc4c(c3)C(c3ccccc3)(c3ccccc3)c3ccccc3-4)c3cccc4c3-c3ccccc3C43c4ccc5ccccc5c4Oc4c3ccc3ccccc43)cc2)cc1. The first-order valence-electron chi connectivity index (χ1n) is 25.0. The number of hydrogen-bond donors (Lipinski definition) is 0. The van der Waals surface area contributed by atoms with Crippen molar-refractivity contribution in [2.45, 2.75) is 10.8 Å². The van der Waals surface area contributed by atoms with Gasteiger partial charge in [-0.05, 0) is 102 Å². The van der Waals surface area contributed by atoms with Gasteiger partial charge in [-0.15, -0.1) is 0 Å². The zero-order chi connectivity index (χ0) is 47.4. The molecule has 72 heavy (non-hydrogen) atoms. The minimum atomic E-state index is -0.697. The lowest BCUT2D eigenvalue weighted by molar-refractivity contribution is 0.447. The largest absolute Gasteiger partial charge is 0.455 e. The summed E-state index contributed by atoms with van der Waals surface area (Å²) in [5.41, 5.74) is 19.1. The van der Waals surface area contributed by atoms with Crippen LogP contribution in [0.15, 0.2) is 273 Å². The van der Waals surface area contributed by atoms with Crippen LogP contribution in [0.5, 0.6) is 11.5 Å². The highest BCUT2D eigenvalue weighted by Gasteiger charge is 2.53. The molecular weight excluding hydrogens is 871 g/mol. The van der Waals surface area contributed by atoms with Gasteiger partial charge in [0.2, 0.25) is 0 Å². The summed E-state index contributed by atoms with van der Waals surface area (Å²) in [7, 11) is 0. The van der Waals surface area contributed by atoms with E-state index in [1.54, 1.807) is 0 Å². The molecule has 2 aliphatic carbocycles. The molecule has 0 saturated heterocycles. The van der Waals surface area contributed by atoms with Gasteiger partial charge in [-0.3, -0.25) is 0 Å². The van der Waals surface area contributed by atoms with Crippen LogP contribution in [0.4, 0.5) is 17.1 Å². The first-order chi connectivity index (χ1) is 35.7. The summed E-state index contributed by atoms with van der Waals surface area (Å²) in [6.07, 6.45) is 0. The Balaban J connectivity index is 1.04. The average molecular weight is 916 g/mol. The molecule has 0 atom stereocenters. The highest BCUT2D eigenvalue weighted by Crippen LogP contribution is 2.66. The molecule has 0 unspecified atom stereocenters. The zero-order valence-electron chi connectivity index (χ0n) is 39.3. The molecule has 0 radical (unpaired) electrons. The van der Waals surface area contributed by atoms with Crippen LogP contribution in [-0.4, -0.2) is 0 Å². The second-order valence-corrected chi connectivity index (χ2v) is 19.4. The molecule has 12 aromatic rings. The molecule has 1 spiro atoms. The topological polar surface area (TPSA) is 12.5 Å². The van der Waals surface area contributed by atoms with E-state index in [0.29, 0.717) is 0 Å². The van der Waals surface area contributed by atoms with Crippen LogP contribution >= 0.6 is 0 Å². The van der Waals surface area contributed by atoms with Crippen LogP contribution in [0.1, 0.15) is 44.5 Å². The lowest BCUT2D eigenvalue weighted by Crippen LogP contribution is -2.32. The number of nitrogens with zero attached hydrogens (tertiary/aromatic N) is 1. The molecule has 0 amide bonds. The molecule has 1 heterocycles. The quantitative estimate of drug-likeness (QED) is 0.165. The number of hydrogen-bond acceptors (Lipinski definition) is 2. The molecule has 0 N–H and O–H groups in total. The van der Waals surface area contributed by atoms with E-state index in [1.165, 1.54) is 66.8 Å². The fourth-order valence-corrected chi connectivity index (χ4v) is 13.1.